The minimum absolute atomic E-state index is 0.149. The summed E-state index contributed by atoms with van der Waals surface area (Å²) in [5, 5.41) is 3.90. The molecule has 134 valence electrons. The van der Waals surface area contributed by atoms with Gasteiger partial charge in [-0.15, -0.1) is 0 Å². The second kappa shape index (κ2) is 8.41. The van der Waals surface area contributed by atoms with Gasteiger partial charge in [-0.05, 0) is 48.1 Å². The molecule has 0 bridgehead atoms. The van der Waals surface area contributed by atoms with Gasteiger partial charge in [-0.25, -0.2) is 0 Å². The lowest BCUT2D eigenvalue weighted by molar-refractivity contribution is -0.141. The summed E-state index contributed by atoms with van der Waals surface area (Å²) in [5.41, 5.74) is 13.2. The summed E-state index contributed by atoms with van der Waals surface area (Å²) in [6.45, 7) is 2.80. The molecule has 2 aromatic carbocycles. The van der Waals surface area contributed by atoms with E-state index >= 15 is 0 Å². The highest BCUT2D eigenvalue weighted by atomic mass is 16.5. The Morgan fingerprint density at radius 1 is 1.27 bits per heavy atom. The van der Waals surface area contributed by atoms with E-state index in [-0.39, 0.29) is 18.6 Å². The molecule has 0 aliphatic carbocycles. The summed E-state index contributed by atoms with van der Waals surface area (Å²) in [5.74, 6) is -0.273. The first-order valence-corrected chi connectivity index (χ1v) is 8.84. The van der Waals surface area contributed by atoms with Crippen molar-refractivity contribution in [2.75, 3.05) is 24.6 Å². The van der Waals surface area contributed by atoms with Crippen molar-refractivity contribution in [3.63, 3.8) is 0 Å². The zero-order valence-electron chi connectivity index (χ0n) is 14.8. The topological polar surface area (TPSA) is 78.3 Å². The number of fused-ring (bicyclic) bond motifs is 1. The minimum Gasteiger partial charge on any atom is -0.465 e. The van der Waals surface area contributed by atoms with Crippen LogP contribution in [-0.4, -0.2) is 31.7 Å². The van der Waals surface area contributed by atoms with Gasteiger partial charge in [-0.2, -0.15) is 0 Å². The van der Waals surface area contributed by atoms with Gasteiger partial charge in [0.15, 0.2) is 0 Å². The number of rotatable bonds is 5. The van der Waals surface area contributed by atoms with Crippen LogP contribution in [0.4, 0.5) is 5.69 Å². The molecule has 0 amide bonds. The van der Waals surface area contributed by atoms with Crippen molar-refractivity contribution in [2.24, 2.45) is 5.11 Å². The predicted molar refractivity (Wildman–Crippen MR) is 102 cm³/mol. The molecule has 0 N–H and O–H groups in total. The smallest absolute Gasteiger partial charge is 0.325 e. The van der Waals surface area contributed by atoms with Crippen LogP contribution in [-0.2, 0) is 16.0 Å². The molecule has 1 aliphatic heterocycles. The van der Waals surface area contributed by atoms with E-state index in [1.54, 1.807) is 6.92 Å². The fourth-order valence-electron chi connectivity index (χ4n) is 3.33. The monoisotopic (exact) mass is 350 g/mol. The lowest BCUT2D eigenvalue weighted by Gasteiger charge is -2.26. The van der Waals surface area contributed by atoms with Crippen molar-refractivity contribution < 1.29 is 9.53 Å². The van der Waals surface area contributed by atoms with Crippen LogP contribution in [0.15, 0.2) is 53.6 Å². The summed E-state index contributed by atoms with van der Waals surface area (Å²) in [6.07, 6.45) is 1.58. The number of benzene rings is 2. The Hall–Kier alpha value is -2.98. The maximum atomic E-state index is 12.1. The molecule has 6 heteroatoms. The van der Waals surface area contributed by atoms with E-state index in [1.807, 2.05) is 23.1 Å². The summed E-state index contributed by atoms with van der Waals surface area (Å²) in [6, 6.07) is 16.3. The highest BCUT2D eigenvalue weighted by molar-refractivity contribution is 5.78. The molecule has 3 rings (SSSR count). The van der Waals surface area contributed by atoms with Gasteiger partial charge in [0.05, 0.1) is 12.6 Å². The molecular formula is C20H22N4O2. The molecule has 0 saturated heterocycles. The number of hydrogen-bond donors (Lipinski definition) is 0. The number of nitrogens with zero attached hydrogens (tertiary/aromatic N) is 4. The first-order valence-electron chi connectivity index (χ1n) is 8.84. The van der Waals surface area contributed by atoms with E-state index in [2.05, 4.69) is 40.4 Å². The normalized spacial score (nSPS) is 16.2. The van der Waals surface area contributed by atoms with Gasteiger partial charge >= 0.3 is 5.97 Å². The van der Waals surface area contributed by atoms with Crippen LogP contribution in [0, 0.1) is 0 Å². The van der Waals surface area contributed by atoms with Crippen LogP contribution in [0.2, 0.25) is 0 Å². The quantitative estimate of drug-likeness (QED) is 0.348. The van der Waals surface area contributed by atoms with Crippen molar-refractivity contribution in [3.8, 4) is 11.1 Å². The van der Waals surface area contributed by atoms with Crippen LogP contribution >= 0.6 is 0 Å². The zero-order valence-corrected chi connectivity index (χ0v) is 14.8. The van der Waals surface area contributed by atoms with Crippen molar-refractivity contribution in [3.05, 3.63) is 64.5 Å². The number of anilines is 1. The molecule has 0 saturated carbocycles. The van der Waals surface area contributed by atoms with Gasteiger partial charge in [0.1, 0.15) is 6.54 Å². The Morgan fingerprint density at radius 2 is 2.08 bits per heavy atom. The Bertz CT molecular complexity index is 816. The summed E-state index contributed by atoms with van der Waals surface area (Å²) in [4.78, 5) is 17.0. The van der Waals surface area contributed by atoms with Crippen LogP contribution in [0.3, 0.4) is 0 Å². The van der Waals surface area contributed by atoms with E-state index in [0.29, 0.717) is 13.2 Å². The molecule has 1 atom stereocenters. The second-order valence-corrected chi connectivity index (χ2v) is 6.29. The summed E-state index contributed by atoms with van der Waals surface area (Å²) < 4.78 is 5.13. The molecule has 1 aliphatic rings. The summed E-state index contributed by atoms with van der Waals surface area (Å²) >= 11 is 0. The molecule has 1 heterocycles. The maximum absolute atomic E-state index is 12.1. The average molecular weight is 350 g/mol. The SMILES string of the molecule is CCOC(=O)CN1CC(N=[N+]=[N-])CCc2ccc(-c3ccccc3)cc21. The molecule has 0 aromatic heterocycles. The first kappa shape index (κ1) is 17.8. The van der Waals surface area contributed by atoms with Crippen molar-refractivity contribution in [1.82, 2.24) is 0 Å². The van der Waals surface area contributed by atoms with Gasteiger partial charge in [0, 0.05) is 17.1 Å². The first-order chi connectivity index (χ1) is 12.7. The predicted octanol–water partition coefficient (Wildman–Crippen LogP) is 4.35. The third kappa shape index (κ3) is 4.16. The van der Waals surface area contributed by atoms with Crippen molar-refractivity contribution in [1.29, 1.82) is 0 Å². The highest BCUT2D eigenvalue weighted by Gasteiger charge is 2.24. The van der Waals surface area contributed by atoms with Crippen LogP contribution in [0.25, 0.3) is 21.6 Å². The number of aryl methyl sites for hydroxylation is 1. The molecule has 6 nitrogen and oxygen atoms in total. The van der Waals surface area contributed by atoms with Crippen LogP contribution < -0.4 is 4.90 Å². The fraction of sp³-hybridized carbons (Fsp3) is 0.350. The number of azide groups is 1. The zero-order chi connectivity index (χ0) is 18.4. The standard InChI is InChI=1S/C20H22N4O2/c1-2-26-20(25)14-24-13-18(22-23-21)11-10-16-8-9-17(12-19(16)24)15-6-4-3-5-7-15/h3-9,12,18H,2,10-11,13-14H2,1H3. The molecular weight excluding hydrogens is 328 g/mol. The Balaban J connectivity index is 1.97. The van der Waals surface area contributed by atoms with Gasteiger partial charge in [-0.3, -0.25) is 4.79 Å². The molecule has 2 aromatic rings. The van der Waals surface area contributed by atoms with Gasteiger partial charge in [-0.1, -0.05) is 47.6 Å². The highest BCUT2D eigenvalue weighted by Crippen LogP contribution is 2.32. The Kier molecular flexibility index (Phi) is 5.77. The molecule has 0 fully saturated rings. The number of ether oxygens (including phenoxy) is 1. The second-order valence-electron chi connectivity index (χ2n) is 6.29. The van der Waals surface area contributed by atoms with Crippen molar-refractivity contribution >= 4 is 11.7 Å². The maximum Gasteiger partial charge on any atom is 0.325 e. The summed E-state index contributed by atoms with van der Waals surface area (Å²) in [7, 11) is 0. The molecule has 1 unspecified atom stereocenters. The Morgan fingerprint density at radius 3 is 2.81 bits per heavy atom. The van der Waals surface area contributed by atoms with Gasteiger partial charge < -0.3 is 9.64 Å². The lowest BCUT2D eigenvalue weighted by Crippen LogP contribution is -2.35. The number of esters is 1. The van der Waals surface area contributed by atoms with E-state index in [4.69, 9.17) is 10.3 Å². The van der Waals surface area contributed by atoms with E-state index in [1.165, 1.54) is 0 Å². The van der Waals surface area contributed by atoms with Crippen LogP contribution in [0.1, 0.15) is 18.9 Å². The third-order valence-electron chi connectivity index (χ3n) is 4.55. The fourth-order valence-corrected chi connectivity index (χ4v) is 3.33. The van der Waals surface area contributed by atoms with Crippen molar-refractivity contribution in [2.45, 2.75) is 25.8 Å². The van der Waals surface area contributed by atoms with E-state index in [9.17, 15) is 4.79 Å². The lowest BCUT2D eigenvalue weighted by atomic mass is 10.00. The molecule has 0 radical (unpaired) electrons. The largest absolute Gasteiger partial charge is 0.465 e. The number of hydrogen-bond acceptors (Lipinski definition) is 4. The Labute approximate surface area is 153 Å². The van der Waals surface area contributed by atoms with Gasteiger partial charge in [0.2, 0.25) is 0 Å². The minimum atomic E-state index is -0.273. The van der Waals surface area contributed by atoms with Gasteiger partial charge in [0.25, 0.3) is 0 Å². The molecule has 26 heavy (non-hydrogen) atoms. The van der Waals surface area contributed by atoms with E-state index in [0.717, 1.165) is 35.2 Å². The number of carbonyl (C=O) groups is 1. The molecule has 0 spiro atoms. The third-order valence-corrected chi connectivity index (χ3v) is 4.55. The van der Waals surface area contributed by atoms with Crippen LogP contribution in [0.5, 0.6) is 0 Å². The van der Waals surface area contributed by atoms with E-state index < -0.39 is 0 Å². The average Bonchev–Trinajstić information content (AvgIpc) is 2.82. The number of carbonyl (C=O) groups excluding carboxylic acids is 1.